The number of aliphatic carboxylic acids is 1. The van der Waals surface area contributed by atoms with Gasteiger partial charge in [0.15, 0.2) is 5.13 Å². The van der Waals surface area contributed by atoms with E-state index in [1.165, 1.54) is 35.2 Å². The maximum Gasteiger partial charge on any atom is 0.407 e. The molecule has 0 radical (unpaired) electrons. The number of carbonyl (C=O) groups is 5. The molecule has 2 aliphatic heterocycles. The van der Waals surface area contributed by atoms with Gasteiger partial charge in [-0.25, -0.2) is 23.0 Å². The van der Waals surface area contributed by atoms with E-state index >= 15 is 0 Å². The molecule has 2 aliphatic rings. The molecule has 20 heteroatoms. The summed E-state index contributed by atoms with van der Waals surface area (Å²) >= 11 is 2.90. The number of phenolic OH excluding ortho intramolecular Hbond substituents is 1. The number of nitrogens with zero attached hydrogens (tertiary/aromatic N) is 2. The van der Waals surface area contributed by atoms with Crippen molar-refractivity contribution in [2.75, 3.05) is 34.7 Å². The Bertz CT molecular complexity index is 2730. The summed E-state index contributed by atoms with van der Waals surface area (Å²) in [6, 6.07) is 33.4. The highest BCUT2D eigenvalue weighted by molar-refractivity contribution is 8.00. The molecule has 5 aromatic rings. The first-order chi connectivity index (χ1) is 33.5. The highest BCUT2D eigenvalue weighted by Crippen LogP contribution is 2.41. The third-order valence-electron chi connectivity index (χ3n) is 10.8. The summed E-state index contributed by atoms with van der Waals surface area (Å²) in [6.45, 7) is 9.78. The molecule has 17 nitrogen and oxygen atoms in total. The number of phenols is 1. The number of β-lactam (4-membered cyclic amide) rings is 1. The minimum absolute atomic E-state index is 0.000380. The summed E-state index contributed by atoms with van der Waals surface area (Å²) in [4.78, 5) is 67.5. The molecular formula is C51H58N6O11S3. The molecule has 4 aromatic carbocycles. The van der Waals surface area contributed by atoms with Crippen LogP contribution in [0, 0.1) is 5.41 Å². The Hall–Kier alpha value is -6.90. The van der Waals surface area contributed by atoms with Gasteiger partial charge in [-0.15, -0.1) is 23.1 Å². The Labute approximate surface area is 421 Å². The number of thiazole rings is 1. The number of alkyl carbamates (subject to hydrolysis) is 1. The second kappa shape index (κ2) is 22.9. The van der Waals surface area contributed by atoms with Gasteiger partial charge in [0.2, 0.25) is 15.9 Å². The summed E-state index contributed by atoms with van der Waals surface area (Å²) in [5, 5.41) is 29.9. The second-order valence-electron chi connectivity index (χ2n) is 18.6. The number of hydrogen-bond donors (Lipinski definition) is 6. The van der Waals surface area contributed by atoms with Crippen LogP contribution in [-0.2, 0) is 45.8 Å². The zero-order valence-corrected chi connectivity index (χ0v) is 42.6. The summed E-state index contributed by atoms with van der Waals surface area (Å²) in [5.41, 5.74) is 2.26. The molecule has 1 fully saturated rings. The smallest absolute Gasteiger partial charge is 0.407 e. The Balaban J connectivity index is 0.00000110. The van der Waals surface area contributed by atoms with Crippen LogP contribution in [0.5, 0.6) is 5.75 Å². The van der Waals surface area contributed by atoms with Crippen molar-refractivity contribution in [1.82, 2.24) is 20.5 Å². The summed E-state index contributed by atoms with van der Waals surface area (Å²) in [5.74, 6) is -2.48. The molecule has 7 rings (SSSR count). The number of carboxylic acid groups (broad SMARTS) is 1. The number of carbonyl (C=O) groups excluding carboxylic acids is 4. The molecule has 0 aliphatic carbocycles. The average molecular weight is 1030 g/mol. The van der Waals surface area contributed by atoms with Crippen LogP contribution in [0.4, 0.5) is 15.6 Å². The molecule has 0 bridgehead atoms. The minimum atomic E-state index is -3.97. The number of esters is 1. The molecule has 1 aromatic heterocycles. The average Bonchev–Trinajstić information content (AvgIpc) is 3.76. The van der Waals surface area contributed by atoms with Crippen LogP contribution in [0.25, 0.3) is 0 Å². The van der Waals surface area contributed by atoms with Crippen LogP contribution in [0.15, 0.2) is 126 Å². The molecule has 0 spiro atoms. The Morgan fingerprint density at radius 1 is 0.859 bits per heavy atom. The van der Waals surface area contributed by atoms with Crippen molar-refractivity contribution in [2.45, 2.75) is 76.9 Å². The predicted octanol–water partition coefficient (Wildman–Crippen LogP) is 7.71. The number of hydrogen-bond acceptors (Lipinski definition) is 14. The lowest BCUT2D eigenvalue weighted by Gasteiger charge is -2.47. The van der Waals surface area contributed by atoms with E-state index in [1.54, 1.807) is 52.6 Å². The minimum Gasteiger partial charge on any atom is -0.506 e. The van der Waals surface area contributed by atoms with Gasteiger partial charge in [0.1, 0.15) is 28.3 Å². The maximum absolute atomic E-state index is 13.3. The first kappa shape index (κ1) is 53.5. The van der Waals surface area contributed by atoms with Crippen LogP contribution in [0.1, 0.15) is 80.7 Å². The molecule has 0 saturated carbocycles. The molecule has 6 N–H and O–H groups in total. The fourth-order valence-corrected chi connectivity index (χ4v) is 10.2. The highest BCUT2D eigenvalue weighted by Gasteiger charge is 2.49. The van der Waals surface area contributed by atoms with Crippen molar-refractivity contribution in [3.8, 4) is 5.75 Å². The van der Waals surface area contributed by atoms with Gasteiger partial charge in [0, 0.05) is 30.3 Å². The zero-order chi connectivity index (χ0) is 51.6. The number of ether oxygens (including phenoxy) is 2. The molecule has 1 unspecified atom stereocenters. The zero-order valence-electron chi connectivity index (χ0n) is 40.1. The molecular weight excluding hydrogens is 969 g/mol. The van der Waals surface area contributed by atoms with Crippen molar-refractivity contribution >= 4 is 73.8 Å². The normalized spacial score (nSPS) is 15.6. The monoisotopic (exact) mass is 1030 g/mol. The second-order valence-corrected chi connectivity index (χ2v) is 22.4. The fourth-order valence-electron chi connectivity index (χ4n) is 7.20. The van der Waals surface area contributed by atoms with Crippen molar-refractivity contribution in [2.24, 2.45) is 5.41 Å². The number of amides is 3. The van der Waals surface area contributed by atoms with Gasteiger partial charge in [-0.1, -0.05) is 91.0 Å². The Morgan fingerprint density at radius 2 is 1.44 bits per heavy atom. The van der Waals surface area contributed by atoms with E-state index in [4.69, 9.17) is 19.6 Å². The number of aromatic nitrogens is 1. The van der Waals surface area contributed by atoms with Crippen LogP contribution in [0.2, 0.25) is 0 Å². The molecule has 1 saturated heterocycles. The topological polar surface area (TPSA) is 243 Å². The number of thioether (sulfide) groups is 1. The van der Waals surface area contributed by atoms with Crippen LogP contribution >= 0.6 is 23.1 Å². The lowest BCUT2D eigenvalue weighted by molar-refractivity contribution is -0.146. The number of sulfonamides is 1. The number of carboxylic acids is 1. The number of nitrogens with one attached hydrogen (secondary N) is 4. The molecule has 71 heavy (non-hydrogen) atoms. The summed E-state index contributed by atoms with van der Waals surface area (Å²) in [6.07, 6.45) is 1.30. The van der Waals surface area contributed by atoms with Crippen LogP contribution in [-0.4, -0.2) is 100 Å². The fraction of sp³-hybridized carbons (Fsp3) is 0.333. The molecule has 3 amide bonds. The van der Waals surface area contributed by atoms with Gasteiger partial charge in [-0.2, -0.15) is 0 Å². The SMILES string of the molecule is CC(C)(C)C(=O)O.CC(C)(C)OC(=O)NCCS(=O)(=O)Nc1ccc(C(=O)OCCC2=CN3C(=O)C(NC(=O)Cc4csc(NC(c5ccccc5)(c5ccccc5)c5ccccc5)n4)[C@@H]3SC2)cc1O. The van der Waals surface area contributed by atoms with Crippen LogP contribution < -0.4 is 20.7 Å². The van der Waals surface area contributed by atoms with E-state index < -0.39 is 62.2 Å². The Kier molecular flexibility index (Phi) is 17.2. The van der Waals surface area contributed by atoms with Crippen molar-refractivity contribution in [1.29, 1.82) is 0 Å². The van der Waals surface area contributed by atoms with E-state index in [-0.39, 0.29) is 48.0 Å². The standard InChI is InChI=1S/C46H48N6O9S3.C5H10O2/c1-45(2,3)61-44(57)47-22-24-64(58,59)51-36-20-19-31(25-37(36)53)42(56)60-23-21-30-27-52-40(55)39(41(52)62-28-30)49-38(54)26-35-29-63-43(48-35)50-46(32-13-7-4-8-14-32,33-15-9-5-10-16-33)34-17-11-6-12-18-34;1-5(2,3)4(6)7/h4-20,25,27,29,39,41,51,53H,21-24,26,28H2,1-3H3,(H,47,57)(H,48,50)(H,49,54);1-3H3,(H,6,7)/t39?,41-;/m0./s1. The first-order valence-electron chi connectivity index (χ1n) is 22.6. The van der Waals surface area contributed by atoms with Gasteiger partial charge in [0.05, 0.1) is 41.1 Å². The highest BCUT2D eigenvalue weighted by atomic mass is 32.2. The van der Waals surface area contributed by atoms with E-state index in [9.17, 15) is 37.5 Å². The van der Waals surface area contributed by atoms with Gasteiger partial charge < -0.3 is 40.5 Å². The van der Waals surface area contributed by atoms with Gasteiger partial charge in [0.25, 0.3) is 5.91 Å². The third-order valence-corrected chi connectivity index (χ3v) is 14.3. The number of aromatic hydroxyl groups is 1. The van der Waals surface area contributed by atoms with Crippen molar-refractivity contribution in [3.05, 3.63) is 154 Å². The van der Waals surface area contributed by atoms with Gasteiger partial charge in [-0.3, -0.25) is 19.1 Å². The van der Waals surface area contributed by atoms with E-state index in [1.807, 2.05) is 60.0 Å². The quantitative estimate of drug-likeness (QED) is 0.0226. The largest absolute Gasteiger partial charge is 0.506 e. The van der Waals surface area contributed by atoms with Crippen molar-refractivity contribution in [3.63, 3.8) is 0 Å². The van der Waals surface area contributed by atoms with E-state index in [0.29, 0.717) is 23.0 Å². The lowest BCUT2D eigenvalue weighted by atomic mass is 9.77. The van der Waals surface area contributed by atoms with Gasteiger partial charge in [-0.05, 0) is 82.0 Å². The molecule has 2 atom stereocenters. The van der Waals surface area contributed by atoms with Gasteiger partial charge >= 0.3 is 18.0 Å². The number of rotatable bonds is 17. The Morgan fingerprint density at radius 3 is 1.97 bits per heavy atom. The third kappa shape index (κ3) is 14.4. The lowest BCUT2D eigenvalue weighted by Crippen LogP contribution is -2.68. The van der Waals surface area contributed by atoms with E-state index in [2.05, 4.69) is 57.1 Å². The summed E-state index contributed by atoms with van der Waals surface area (Å²) < 4.78 is 37.7. The first-order valence-corrected chi connectivity index (χ1v) is 26.2. The van der Waals surface area contributed by atoms with Crippen LogP contribution in [0.3, 0.4) is 0 Å². The number of benzene rings is 4. The predicted molar refractivity (Wildman–Crippen MR) is 273 cm³/mol. The number of fused-ring (bicyclic) bond motifs is 1. The van der Waals surface area contributed by atoms with Crippen molar-refractivity contribution < 1.29 is 52.1 Å². The maximum atomic E-state index is 13.3. The summed E-state index contributed by atoms with van der Waals surface area (Å²) in [7, 11) is -3.97. The molecule has 3 heterocycles. The molecule has 376 valence electrons. The number of anilines is 2. The van der Waals surface area contributed by atoms with E-state index in [0.717, 1.165) is 28.3 Å².